The van der Waals surface area contributed by atoms with E-state index in [4.69, 9.17) is 4.74 Å². The van der Waals surface area contributed by atoms with Crippen molar-refractivity contribution in [2.24, 2.45) is 0 Å². The van der Waals surface area contributed by atoms with Crippen LogP contribution in [0.1, 0.15) is 5.56 Å². The summed E-state index contributed by atoms with van der Waals surface area (Å²) in [4.78, 5) is 0.245. The number of aryl methyl sites for hydroxylation is 1. The van der Waals surface area contributed by atoms with Gasteiger partial charge in [-0.1, -0.05) is 12.1 Å². The van der Waals surface area contributed by atoms with Crippen molar-refractivity contribution >= 4 is 9.84 Å². The number of rotatable bonds is 2. The van der Waals surface area contributed by atoms with Crippen LogP contribution in [0.5, 0.6) is 5.75 Å². The second-order valence-corrected chi connectivity index (χ2v) is 4.86. The van der Waals surface area contributed by atoms with Crippen molar-refractivity contribution in [3.05, 3.63) is 23.8 Å². The van der Waals surface area contributed by atoms with E-state index in [1.165, 1.54) is 13.4 Å². The van der Waals surface area contributed by atoms with Crippen LogP contribution in [0.3, 0.4) is 0 Å². The Morgan fingerprint density at radius 1 is 1.31 bits per heavy atom. The van der Waals surface area contributed by atoms with Gasteiger partial charge in [0.25, 0.3) is 0 Å². The van der Waals surface area contributed by atoms with E-state index < -0.39 is 9.84 Å². The fourth-order valence-corrected chi connectivity index (χ4v) is 2.09. The molecule has 0 unspecified atom stereocenters. The molecule has 0 fully saturated rings. The molecular formula is C9H12O3S. The van der Waals surface area contributed by atoms with Gasteiger partial charge >= 0.3 is 0 Å². The van der Waals surface area contributed by atoms with Crippen LogP contribution in [0.15, 0.2) is 23.1 Å². The summed E-state index contributed by atoms with van der Waals surface area (Å²) in [5.74, 6) is 0.435. The molecule has 72 valence electrons. The number of methoxy groups -OCH3 is 1. The monoisotopic (exact) mass is 200 g/mol. The van der Waals surface area contributed by atoms with Crippen molar-refractivity contribution < 1.29 is 13.2 Å². The van der Waals surface area contributed by atoms with Gasteiger partial charge in [-0.2, -0.15) is 0 Å². The van der Waals surface area contributed by atoms with E-state index in [1.807, 2.05) is 13.0 Å². The molecule has 0 saturated carbocycles. The molecule has 13 heavy (non-hydrogen) atoms. The Hall–Kier alpha value is -1.03. The predicted octanol–water partition coefficient (Wildman–Crippen LogP) is 1.41. The van der Waals surface area contributed by atoms with Crippen molar-refractivity contribution in [2.75, 3.05) is 13.4 Å². The second kappa shape index (κ2) is 3.38. The minimum absolute atomic E-state index is 0.245. The van der Waals surface area contributed by atoms with Crippen LogP contribution in [0.2, 0.25) is 0 Å². The third-order valence-electron chi connectivity index (χ3n) is 1.78. The van der Waals surface area contributed by atoms with Gasteiger partial charge in [0.2, 0.25) is 0 Å². The number of hydrogen-bond acceptors (Lipinski definition) is 3. The molecule has 0 N–H and O–H groups in total. The van der Waals surface area contributed by atoms with Gasteiger partial charge in [0, 0.05) is 6.26 Å². The van der Waals surface area contributed by atoms with E-state index in [9.17, 15) is 8.42 Å². The zero-order chi connectivity index (χ0) is 10.1. The van der Waals surface area contributed by atoms with Crippen molar-refractivity contribution in [3.63, 3.8) is 0 Å². The molecule has 0 aromatic heterocycles. The van der Waals surface area contributed by atoms with Gasteiger partial charge in [0.1, 0.15) is 10.6 Å². The Morgan fingerprint density at radius 2 is 1.92 bits per heavy atom. The molecule has 0 saturated heterocycles. The number of ether oxygens (including phenoxy) is 1. The Balaban J connectivity index is 3.47. The first-order valence-corrected chi connectivity index (χ1v) is 5.69. The minimum atomic E-state index is -3.19. The summed E-state index contributed by atoms with van der Waals surface area (Å²) >= 11 is 0. The highest BCUT2D eigenvalue weighted by Gasteiger charge is 2.14. The molecule has 3 nitrogen and oxygen atoms in total. The summed E-state index contributed by atoms with van der Waals surface area (Å²) in [6, 6.07) is 5.06. The largest absolute Gasteiger partial charge is 0.495 e. The highest BCUT2D eigenvalue weighted by Crippen LogP contribution is 2.26. The molecule has 0 amide bonds. The molecule has 0 aliphatic rings. The third-order valence-corrected chi connectivity index (χ3v) is 2.90. The van der Waals surface area contributed by atoms with Crippen LogP contribution in [-0.4, -0.2) is 21.8 Å². The standard InChI is InChI=1S/C9H12O3S/c1-7-5-4-6-8(9(7)12-2)13(3,10)11/h4-6H,1-3H3. The van der Waals surface area contributed by atoms with Crippen LogP contribution >= 0.6 is 0 Å². The van der Waals surface area contributed by atoms with Gasteiger partial charge in [-0.05, 0) is 18.6 Å². The Morgan fingerprint density at radius 3 is 2.31 bits per heavy atom. The first-order chi connectivity index (χ1) is 5.96. The first kappa shape index (κ1) is 10.1. The van der Waals surface area contributed by atoms with Crippen LogP contribution in [-0.2, 0) is 9.84 Å². The smallest absolute Gasteiger partial charge is 0.179 e. The quantitative estimate of drug-likeness (QED) is 0.725. The summed E-state index contributed by atoms with van der Waals surface area (Å²) in [5, 5.41) is 0. The molecule has 1 aromatic carbocycles. The number of sulfone groups is 1. The molecule has 1 rings (SSSR count). The fourth-order valence-electron chi connectivity index (χ4n) is 1.18. The van der Waals surface area contributed by atoms with Gasteiger partial charge < -0.3 is 4.74 Å². The second-order valence-electron chi connectivity index (χ2n) is 2.88. The van der Waals surface area contributed by atoms with E-state index in [0.717, 1.165) is 5.56 Å². The Bertz CT molecular complexity index is 407. The van der Waals surface area contributed by atoms with E-state index in [0.29, 0.717) is 5.75 Å². The van der Waals surface area contributed by atoms with E-state index in [-0.39, 0.29) is 4.90 Å². The molecule has 0 atom stereocenters. The van der Waals surface area contributed by atoms with E-state index in [1.54, 1.807) is 12.1 Å². The maximum absolute atomic E-state index is 11.3. The average molecular weight is 200 g/mol. The first-order valence-electron chi connectivity index (χ1n) is 3.80. The molecule has 4 heteroatoms. The zero-order valence-electron chi connectivity index (χ0n) is 7.87. The summed E-state index contributed by atoms with van der Waals surface area (Å²) in [5.41, 5.74) is 0.824. The number of benzene rings is 1. The highest BCUT2D eigenvalue weighted by molar-refractivity contribution is 7.90. The molecule has 0 aliphatic carbocycles. The van der Waals surface area contributed by atoms with Gasteiger partial charge in [-0.15, -0.1) is 0 Å². The molecule has 0 bridgehead atoms. The SMILES string of the molecule is COc1c(C)cccc1S(C)(=O)=O. The molecule has 0 heterocycles. The van der Waals surface area contributed by atoms with Gasteiger partial charge in [-0.3, -0.25) is 0 Å². The number of hydrogen-bond donors (Lipinski definition) is 0. The predicted molar refractivity (Wildman–Crippen MR) is 50.8 cm³/mol. The summed E-state index contributed by atoms with van der Waals surface area (Å²) in [6.07, 6.45) is 1.17. The minimum Gasteiger partial charge on any atom is -0.495 e. The van der Waals surface area contributed by atoms with Gasteiger partial charge in [0.05, 0.1) is 7.11 Å². The van der Waals surface area contributed by atoms with Crippen molar-refractivity contribution in [2.45, 2.75) is 11.8 Å². The fraction of sp³-hybridized carbons (Fsp3) is 0.333. The Kier molecular flexibility index (Phi) is 2.61. The summed E-state index contributed by atoms with van der Waals surface area (Å²) < 4.78 is 27.6. The van der Waals surface area contributed by atoms with Crippen molar-refractivity contribution in [1.29, 1.82) is 0 Å². The van der Waals surface area contributed by atoms with Crippen LogP contribution in [0.4, 0.5) is 0 Å². The van der Waals surface area contributed by atoms with Crippen molar-refractivity contribution in [3.8, 4) is 5.75 Å². The summed E-state index contributed by atoms with van der Waals surface area (Å²) in [6.45, 7) is 1.81. The molecule has 0 radical (unpaired) electrons. The van der Waals surface area contributed by atoms with E-state index in [2.05, 4.69) is 0 Å². The third kappa shape index (κ3) is 2.01. The molecular weight excluding hydrogens is 188 g/mol. The lowest BCUT2D eigenvalue weighted by Crippen LogP contribution is -2.01. The molecule has 0 spiro atoms. The maximum Gasteiger partial charge on any atom is 0.179 e. The summed E-state index contributed by atoms with van der Waals surface area (Å²) in [7, 11) is -1.72. The Labute approximate surface area is 78.3 Å². The van der Waals surface area contributed by atoms with Crippen molar-refractivity contribution in [1.82, 2.24) is 0 Å². The van der Waals surface area contributed by atoms with Crippen LogP contribution < -0.4 is 4.74 Å². The normalized spacial score (nSPS) is 11.3. The zero-order valence-corrected chi connectivity index (χ0v) is 8.68. The molecule has 0 aliphatic heterocycles. The number of para-hydroxylation sites is 1. The lowest BCUT2D eigenvalue weighted by atomic mass is 10.2. The molecule has 1 aromatic rings. The van der Waals surface area contributed by atoms with E-state index >= 15 is 0 Å². The van der Waals surface area contributed by atoms with Gasteiger partial charge in [-0.25, -0.2) is 8.42 Å². The lowest BCUT2D eigenvalue weighted by Gasteiger charge is -2.08. The average Bonchev–Trinajstić information content (AvgIpc) is 2.02. The van der Waals surface area contributed by atoms with Crippen LogP contribution in [0.25, 0.3) is 0 Å². The topological polar surface area (TPSA) is 43.4 Å². The lowest BCUT2D eigenvalue weighted by molar-refractivity contribution is 0.399. The van der Waals surface area contributed by atoms with Crippen LogP contribution in [0, 0.1) is 6.92 Å². The highest BCUT2D eigenvalue weighted by atomic mass is 32.2. The maximum atomic E-state index is 11.3. The van der Waals surface area contributed by atoms with Gasteiger partial charge in [0.15, 0.2) is 9.84 Å².